The van der Waals surface area contributed by atoms with E-state index in [1.165, 1.54) is 154 Å². The van der Waals surface area contributed by atoms with Gasteiger partial charge < -0.3 is 13.9 Å². The SMILES string of the molecule is CCCCCCCCCCCCCCCCCC(=O)OC[C@H](CO[Si](C)(C)C(C)(C)C)OC(=O)CCCCCCCCCCCCCCC. The molecule has 0 N–H and O–H groups in total. The Hall–Kier alpha value is -0.883. The summed E-state index contributed by atoms with van der Waals surface area (Å²) in [7, 11) is -2.02. The maximum atomic E-state index is 12.7. The minimum absolute atomic E-state index is 0.0560. The standard InChI is InChI=1S/C43H86O5Si/c1-8-10-12-14-16-18-20-22-23-25-26-28-30-32-34-36-41(44)46-38-40(39-47-49(6,7)43(3,4)5)48-42(45)37-35-33-31-29-27-24-21-19-17-15-13-11-9-2/h40H,8-39H2,1-7H3/t40-/m1/s1. The van der Waals surface area contributed by atoms with E-state index in [0.29, 0.717) is 12.8 Å². The Morgan fingerprint density at radius 2 is 0.776 bits per heavy atom. The molecule has 0 bridgehead atoms. The van der Waals surface area contributed by atoms with Gasteiger partial charge in [-0.1, -0.05) is 202 Å². The molecule has 5 nitrogen and oxygen atoms in total. The second-order valence-corrected chi connectivity index (χ2v) is 21.4. The fourth-order valence-corrected chi connectivity index (χ4v) is 7.10. The molecule has 0 amide bonds. The first-order valence-corrected chi connectivity index (χ1v) is 24.4. The molecule has 0 fully saturated rings. The number of esters is 2. The van der Waals surface area contributed by atoms with Gasteiger partial charge in [-0.2, -0.15) is 0 Å². The molecule has 0 aromatic carbocycles. The predicted molar refractivity (Wildman–Crippen MR) is 214 cm³/mol. The van der Waals surface area contributed by atoms with Crippen molar-refractivity contribution in [3.63, 3.8) is 0 Å². The van der Waals surface area contributed by atoms with Gasteiger partial charge in [0.2, 0.25) is 0 Å². The minimum atomic E-state index is -2.02. The molecule has 0 spiro atoms. The summed E-state index contributed by atoms with van der Waals surface area (Å²) in [6, 6.07) is 0. The van der Waals surface area contributed by atoms with E-state index in [9.17, 15) is 9.59 Å². The summed E-state index contributed by atoms with van der Waals surface area (Å²) in [6.45, 7) is 15.9. The van der Waals surface area contributed by atoms with Crippen LogP contribution in [0.25, 0.3) is 0 Å². The molecule has 0 heterocycles. The largest absolute Gasteiger partial charge is 0.462 e. The second kappa shape index (κ2) is 33.0. The van der Waals surface area contributed by atoms with Crippen LogP contribution in [0.3, 0.4) is 0 Å². The molecule has 0 radical (unpaired) electrons. The maximum absolute atomic E-state index is 12.7. The van der Waals surface area contributed by atoms with E-state index in [1.807, 2.05) is 0 Å². The molecule has 6 heteroatoms. The van der Waals surface area contributed by atoms with Gasteiger partial charge in [-0.15, -0.1) is 0 Å². The van der Waals surface area contributed by atoms with Crippen molar-refractivity contribution in [2.45, 2.75) is 251 Å². The van der Waals surface area contributed by atoms with E-state index in [4.69, 9.17) is 13.9 Å². The lowest BCUT2D eigenvalue weighted by Gasteiger charge is -2.37. The van der Waals surface area contributed by atoms with Gasteiger partial charge in [0.15, 0.2) is 14.4 Å². The Morgan fingerprint density at radius 3 is 1.10 bits per heavy atom. The molecular weight excluding hydrogens is 625 g/mol. The highest BCUT2D eigenvalue weighted by Crippen LogP contribution is 2.36. The molecule has 0 aliphatic rings. The Labute approximate surface area is 307 Å². The minimum Gasteiger partial charge on any atom is -0.462 e. The number of unbranched alkanes of at least 4 members (excludes halogenated alkanes) is 26. The molecule has 49 heavy (non-hydrogen) atoms. The fourth-order valence-electron chi connectivity index (χ4n) is 6.06. The van der Waals surface area contributed by atoms with Gasteiger partial charge in [0.1, 0.15) is 6.61 Å². The van der Waals surface area contributed by atoms with E-state index in [0.717, 1.165) is 25.7 Å². The summed E-state index contributed by atoms with van der Waals surface area (Å²) in [5.41, 5.74) is 0. The van der Waals surface area contributed by atoms with Crippen molar-refractivity contribution in [1.29, 1.82) is 0 Å². The molecule has 0 rings (SSSR count). The lowest BCUT2D eigenvalue weighted by molar-refractivity contribution is -0.161. The molecule has 0 aliphatic carbocycles. The highest BCUT2D eigenvalue weighted by atomic mass is 28.4. The molecule has 0 saturated heterocycles. The van der Waals surface area contributed by atoms with Crippen molar-refractivity contribution in [3.05, 3.63) is 0 Å². The third kappa shape index (κ3) is 31.6. The average molecular weight is 711 g/mol. The van der Waals surface area contributed by atoms with Gasteiger partial charge in [-0.3, -0.25) is 9.59 Å². The van der Waals surface area contributed by atoms with Crippen LogP contribution in [0, 0.1) is 0 Å². The van der Waals surface area contributed by atoms with Crippen molar-refractivity contribution in [1.82, 2.24) is 0 Å². The van der Waals surface area contributed by atoms with Crippen LogP contribution in [0.15, 0.2) is 0 Å². The van der Waals surface area contributed by atoms with Crippen LogP contribution in [0.5, 0.6) is 0 Å². The van der Waals surface area contributed by atoms with Crippen molar-refractivity contribution < 1.29 is 23.5 Å². The van der Waals surface area contributed by atoms with Gasteiger partial charge in [0.25, 0.3) is 0 Å². The molecule has 0 saturated carbocycles. The Morgan fingerprint density at radius 1 is 0.469 bits per heavy atom. The Kier molecular flexibility index (Phi) is 32.4. The Balaban J connectivity index is 4.17. The van der Waals surface area contributed by atoms with E-state index in [-0.39, 0.29) is 30.2 Å². The molecule has 0 aromatic rings. The number of hydrogen-bond donors (Lipinski definition) is 0. The second-order valence-electron chi connectivity index (χ2n) is 16.6. The van der Waals surface area contributed by atoms with Gasteiger partial charge >= 0.3 is 11.9 Å². The van der Waals surface area contributed by atoms with Gasteiger partial charge in [0, 0.05) is 12.8 Å². The fraction of sp³-hybridized carbons (Fsp3) is 0.953. The average Bonchev–Trinajstić information content (AvgIpc) is 3.05. The molecule has 292 valence electrons. The molecule has 0 aromatic heterocycles. The number of carbonyl (C=O) groups is 2. The lowest BCUT2D eigenvalue weighted by atomic mass is 10.0. The highest BCUT2D eigenvalue weighted by Gasteiger charge is 2.38. The first kappa shape index (κ1) is 48.1. The summed E-state index contributed by atoms with van der Waals surface area (Å²) in [5.74, 6) is -0.398. The number of carbonyl (C=O) groups excluding carboxylic acids is 2. The van der Waals surface area contributed by atoms with Crippen LogP contribution in [-0.2, 0) is 23.5 Å². The van der Waals surface area contributed by atoms with Crippen LogP contribution in [0.2, 0.25) is 18.1 Å². The zero-order chi connectivity index (χ0) is 36.5. The zero-order valence-electron chi connectivity index (χ0n) is 34.2. The molecule has 0 aliphatic heterocycles. The van der Waals surface area contributed by atoms with Crippen LogP contribution >= 0.6 is 0 Å². The van der Waals surface area contributed by atoms with Gasteiger partial charge in [-0.05, 0) is 31.0 Å². The topological polar surface area (TPSA) is 61.8 Å². The summed E-state index contributed by atoms with van der Waals surface area (Å²) >= 11 is 0. The first-order valence-electron chi connectivity index (χ1n) is 21.5. The Bertz CT molecular complexity index is 747. The van der Waals surface area contributed by atoms with E-state index in [1.54, 1.807) is 0 Å². The maximum Gasteiger partial charge on any atom is 0.306 e. The monoisotopic (exact) mass is 711 g/mol. The zero-order valence-corrected chi connectivity index (χ0v) is 35.2. The van der Waals surface area contributed by atoms with Crippen molar-refractivity contribution in [3.8, 4) is 0 Å². The molecular formula is C43H86O5Si. The lowest BCUT2D eigenvalue weighted by Crippen LogP contribution is -2.44. The first-order chi connectivity index (χ1) is 23.5. The van der Waals surface area contributed by atoms with Gasteiger partial charge in [-0.25, -0.2) is 0 Å². The summed E-state index contributed by atoms with van der Waals surface area (Å²) in [4.78, 5) is 25.3. The van der Waals surface area contributed by atoms with Crippen molar-refractivity contribution in [2.24, 2.45) is 0 Å². The summed E-state index contributed by atoms with van der Waals surface area (Å²) in [6.07, 6.45) is 36.5. The van der Waals surface area contributed by atoms with Crippen LogP contribution in [0.4, 0.5) is 0 Å². The van der Waals surface area contributed by atoms with Gasteiger partial charge in [0.05, 0.1) is 6.61 Å². The highest BCUT2D eigenvalue weighted by molar-refractivity contribution is 6.74. The number of hydrogen-bond acceptors (Lipinski definition) is 5. The van der Waals surface area contributed by atoms with E-state index < -0.39 is 14.4 Å². The van der Waals surface area contributed by atoms with E-state index in [2.05, 4.69) is 47.7 Å². The molecule has 1 atom stereocenters. The quantitative estimate of drug-likeness (QED) is 0.0368. The smallest absolute Gasteiger partial charge is 0.306 e. The van der Waals surface area contributed by atoms with Crippen molar-refractivity contribution >= 4 is 20.3 Å². The number of rotatable bonds is 36. The normalized spacial score (nSPS) is 12.7. The third-order valence-electron chi connectivity index (χ3n) is 10.6. The van der Waals surface area contributed by atoms with Crippen LogP contribution in [0.1, 0.15) is 227 Å². The predicted octanol–water partition coefficient (Wildman–Crippen LogP) is 14.2. The molecule has 0 unspecified atom stereocenters. The summed E-state index contributed by atoms with van der Waals surface area (Å²) < 4.78 is 17.8. The third-order valence-corrected chi connectivity index (χ3v) is 15.1. The van der Waals surface area contributed by atoms with E-state index >= 15 is 0 Å². The summed E-state index contributed by atoms with van der Waals surface area (Å²) in [5, 5.41) is 0.0560. The van der Waals surface area contributed by atoms with Crippen LogP contribution < -0.4 is 0 Å². The number of ether oxygens (including phenoxy) is 2. The van der Waals surface area contributed by atoms with Crippen LogP contribution in [-0.4, -0.2) is 39.6 Å². The van der Waals surface area contributed by atoms with Crippen molar-refractivity contribution in [2.75, 3.05) is 13.2 Å².